The van der Waals surface area contributed by atoms with Crippen molar-refractivity contribution in [3.8, 4) is 0 Å². The van der Waals surface area contributed by atoms with Gasteiger partial charge in [0.25, 0.3) is 0 Å². The van der Waals surface area contributed by atoms with Crippen LogP contribution in [0.25, 0.3) is 0 Å². The molecule has 1 aromatic carbocycles. The third kappa shape index (κ3) is 3.21. The first-order valence-corrected chi connectivity index (χ1v) is 7.58. The molecule has 0 amide bonds. The Balaban J connectivity index is 2.27. The Kier molecular flexibility index (Phi) is 4.97. The van der Waals surface area contributed by atoms with E-state index >= 15 is 0 Å². The fourth-order valence-corrected chi connectivity index (χ4v) is 2.95. The van der Waals surface area contributed by atoms with Gasteiger partial charge in [-0.05, 0) is 42.0 Å². The Labute approximate surface area is 114 Å². The van der Waals surface area contributed by atoms with Crippen molar-refractivity contribution in [2.75, 3.05) is 6.54 Å². The molecule has 2 aromatic rings. The van der Waals surface area contributed by atoms with Crippen LogP contribution in [0, 0.1) is 0 Å². The molecule has 1 N–H and O–H groups in total. The molecule has 18 heavy (non-hydrogen) atoms. The van der Waals surface area contributed by atoms with E-state index < -0.39 is 0 Å². The number of thiophene rings is 1. The summed E-state index contributed by atoms with van der Waals surface area (Å²) in [6, 6.07) is 13.6. The predicted octanol–water partition coefficient (Wildman–Crippen LogP) is 4.40. The maximum atomic E-state index is 3.65. The summed E-state index contributed by atoms with van der Waals surface area (Å²) in [7, 11) is 0. The lowest BCUT2D eigenvalue weighted by Gasteiger charge is -2.18. The number of hydrogen-bond acceptors (Lipinski definition) is 2. The van der Waals surface area contributed by atoms with E-state index in [-0.39, 0.29) is 0 Å². The molecule has 1 nitrogen and oxygen atoms in total. The van der Waals surface area contributed by atoms with Gasteiger partial charge in [0.15, 0.2) is 0 Å². The highest BCUT2D eigenvalue weighted by Crippen LogP contribution is 2.26. The third-order valence-electron chi connectivity index (χ3n) is 3.12. The number of benzene rings is 1. The van der Waals surface area contributed by atoms with Gasteiger partial charge in [-0.1, -0.05) is 44.2 Å². The zero-order valence-electron chi connectivity index (χ0n) is 11.1. The fraction of sp³-hybridized carbons (Fsp3) is 0.375. The van der Waals surface area contributed by atoms with E-state index in [4.69, 9.17) is 0 Å². The lowest BCUT2D eigenvalue weighted by molar-refractivity contribution is 0.605. The van der Waals surface area contributed by atoms with E-state index in [1.807, 2.05) is 11.3 Å². The molecular weight excluding hydrogens is 238 g/mol. The molecule has 1 heterocycles. The molecule has 0 aliphatic rings. The number of rotatable bonds is 6. The second-order valence-electron chi connectivity index (χ2n) is 4.50. The van der Waals surface area contributed by atoms with Crippen LogP contribution in [0.2, 0.25) is 0 Å². The van der Waals surface area contributed by atoms with E-state index in [1.165, 1.54) is 16.0 Å². The molecule has 2 heteroatoms. The van der Waals surface area contributed by atoms with Crippen LogP contribution < -0.4 is 5.32 Å². The quantitative estimate of drug-likeness (QED) is 0.811. The summed E-state index contributed by atoms with van der Waals surface area (Å²) in [5.41, 5.74) is 2.79. The van der Waals surface area contributed by atoms with E-state index in [0.29, 0.717) is 6.04 Å². The van der Waals surface area contributed by atoms with E-state index in [0.717, 1.165) is 19.4 Å². The van der Waals surface area contributed by atoms with Crippen LogP contribution >= 0.6 is 11.3 Å². The molecule has 0 saturated heterocycles. The van der Waals surface area contributed by atoms with Crippen LogP contribution in [0.1, 0.15) is 42.3 Å². The van der Waals surface area contributed by atoms with E-state index in [2.05, 4.69) is 60.9 Å². The largest absolute Gasteiger partial charge is 0.306 e. The van der Waals surface area contributed by atoms with Crippen molar-refractivity contribution in [2.24, 2.45) is 0 Å². The summed E-state index contributed by atoms with van der Waals surface area (Å²) in [6.45, 7) is 5.47. The smallest absolute Gasteiger partial charge is 0.0671 e. The van der Waals surface area contributed by atoms with Crippen molar-refractivity contribution in [2.45, 2.75) is 32.7 Å². The molecule has 0 bridgehead atoms. The van der Waals surface area contributed by atoms with Gasteiger partial charge in [-0.2, -0.15) is 0 Å². The molecular formula is C16H21NS. The summed E-state index contributed by atoms with van der Waals surface area (Å²) >= 11 is 1.83. The minimum atomic E-state index is 0.344. The van der Waals surface area contributed by atoms with E-state index in [9.17, 15) is 0 Å². The van der Waals surface area contributed by atoms with Crippen LogP contribution in [-0.2, 0) is 6.42 Å². The molecule has 1 atom stereocenters. The minimum Gasteiger partial charge on any atom is -0.306 e. The average molecular weight is 259 g/mol. The molecule has 1 aromatic heterocycles. The summed E-state index contributed by atoms with van der Waals surface area (Å²) in [5.74, 6) is 0. The average Bonchev–Trinajstić information content (AvgIpc) is 2.93. The lowest BCUT2D eigenvalue weighted by Crippen LogP contribution is -2.22. The summed E-state index contributed by atoms with van der Waals surface area (Å²) in [4.78, 5) is 1.40. The molecule has 0 radical (unpaired) electrons. The summed E-state index contributed by atoms with van der Waals surface area (Å²) in [5, 5.41) is 5.80. The Morgan fingerprint density at radius 2 is 2.06 bits per heavy atom. The predicted molar refractivity (Wildman–Crippen MR) is 80.3 cm³/mol. The van der Waals surface area contributed by atoms with Gasteiger partial charge in [-0.15, -0.1) is 11.3 Å². The highest BCUT2D eigenvalue weighted by atomic mass is 32.1. The molecule has 1 unspecified atom stereocenters. The topological polar surface area (TPSA) is 12.0 Å². The minimum absolute atomic E-state index is 0.344. The first-order valence-electron chi connectivity index (χ1n) is 6.70. The zero-order chi connectivity index (χ0) is 12.8. The summed E-state index contributed by atoms with van der Waals surface area (Å²) < 4.78 is 0. The van der Waals surface area contributed by atoms with Crippen molar-refractivity contribution < 1.29 is 0 Å². The van der Waals surface area contributed by atoms with Gasteiger partial charge in [-0.3, -0.25) is 0 Å². The van der Waals surface area contributed by atoms with Crippen molar-refractivity contribution in [1.82, 2.24) is 5.32 Å². The maximum Gasteiger partial charge on any atom is 0.0671 e. The Bertz CT molecular complexity index is 462. The maximum absolute atomic E-state index is 3.65. The highest BCUT2D eigenvalue weighted by Gasteiger charge is 2.14. The Morgan fingerprint density at radius 1 is 1.17 bits per heavy atom. The van der Waals surface area contributed by atoms with Crippen LogP contribution in [0.4, 0.5) is 0 Å². The van der Waals surface area contributed by atoms with Crippen LogP contribution in [-0.4, -0.2) is 6.54 Å². The first kappa shape index (κ1) is 13.3. The monoisotopic (exact) mass is 259 g/mol. The van der Waals surface area contributed by atoms with Gasteiger partial charge in [-0.25, -0.2) is 0 Å². The van der Waals surface area contributed by atoms with Crippen molar-refractivity contribution in [1.29, 1.82) is 0 Å². The Hall–Kier alpha value is -1.12. The first-order chi connectivity index (χ1) is 8.85. The standard InChI is InChI=1S/C16H21NS/c1-3-10-17-16(15-9-6-11-18-15)14-8-5-7-13(4-2)12-14/h5-9,11-12,16-17H,3-4,10H2,1-2H3. The second-order valence-corrected chi connectivity index (χ2v) is 5.48. The zero-order valence-corrected chi connectivity index (χ0v) is 12.0. The molecule has 0 aliphatic carbocycles. The van der Waals surface area contributed by atoms with Crippen molar-refractivity contribution in [3.05, 3.63) is 57.8 Å². The van der Waals surface area contributed by atoms with Gasteiger partial charge < -0.3 is 5.32 Å². The van der Waals surface area contributed by atoms with Crippen LogP contribution in [0.5, 0.6) is 0 Å². The molecule has 0 fully saturated rings. The van der Waals surface area contributed by atoms with Crippen molar-refractivity contribution >= 4 is 11.3 Å². The van der Waals surface area contributed by atoms with E-state index in [1.54, 1.807) is 0 Å². The SMILES string of the molecule is CCCNC(c1cccc(CC)c1)c1cccs1. The highest BCUT2D eigenvalue weighted by molar-refractivity contribution is 7.10. The fourth-order valence-electron chi connectivity index (χ4n) is 2.12. The molecule has 96 valence electrons. The number of aryl methyl sites for hydroxylation is 1. The number of nitrogens with one attached hydrogen (secondary N) is 1. The van der Waals surface area contributed by atoms with Gasteiger partial charge in [0.2, 0.25) is 0 Å². The number of hydrogen-bond donors (Lipinski definition) is 1. The molecule has 0 saturated carbocycles. The molecule has 0 spiro atoms. The van der Waals surface area contributed by atoms with Crippen molar-refractivity contribution in [3.63, 3.8) is 0 Å². The van der Waals surface area contributed by atoms with Gasteiger partial charge >= 0.3 is 0 Å². The summed E-state index contributed by atoms with van der Waals surface area (Å²) in [6.07, 6.45) is 2.26. The van der Waals surface area contributed by atoms with Crippen LogP contribution in [0.3, 0.4) is 0 Å². The van der Waals surface area contributed by atoms with Gasteiger partial charge in [0, 0.05) is 4.88 Å². The molecule has 0 aliphatic heterocycles. The normalized spacial score (nSPS) is 12.6. The van der Waals surface area contributed by atoms with Crippen LogP contribution in [0.15, 0.2) is 41.8 Å². The third-order valence-corrected chi connectivity index (χ3v) is 4.06. The van der Waals surface area contributed by atoms with Gasteiger partial charge in [0.05, 0.1) is 6.04 Å². The molecule has 2 rings (SSSR count). The second kappa shape index (κ2) is 6.72. The lowest BCUT2D eigenvalue weighted by atomic mass is 10.0. The van der Waals surface area contributed by atoms with Gasteiger partial charge in [0.1, 0.15) is 0 Å². The Morgan fingerprint density at radius 3 is 2.72 bits per heavy atom.